The number of nitrogens with one attached hydrogen (secondary N) is 2. The van der Waals surface area contributed by atoms with Crippen molar-refractivity contribution in [3.63, 3.8) is 0 Å². The normalized spacial score (nSPS) is 12.5. The van der Waals surface area contributed by atoms with Gasteiger partial charge in [-0.3, -0.25) is 4.79 Å². The van der Waals surface area contributed by atoms with Crippen LogP contribution in [0.5, 0.6) is 0 Å². The molecule has 1 aromatic carbocycles. The first kappa shape index (κ1) is 20.3. The second-order valence-electron chi connectivity index (χ2n) is 5.80. The Kier molecular flexibility index (Phi) is 8.08. The SMILES string of the molecule is C=C(C)CNC(=NCC(=O)N(C)C)NC(C)c1ccc(Cl)cc1Cl. The highest BCUT2D eigenvalue weighted by Crippen LogP contribution is 2.25. The number of rotatable bonds is 6. The van der Waals surface area contributed by atoms with Crippen LogP contribution in [0.2, 0.25) is 10.0 Å². The second-order valence-corrected chi connectivity index (χ2v) is 6.64. The van der Waals surface area contributed by atoms with E-state index in [-0.39, 0.29) is 18.5 Å². The molecule has 0 bridgehead atoms. The summed E-state index contributed by atoms with van der Waals surface area (Å²) in [4.78, 5) is 17.6. The first-order valence-electron chi connectivity index (χ1n) is 7.55. The Labute approximate surface area is 153 Å². The molecular formula is C17H24Cl2N4O. The molecule has 0 saturated carbocycles. The fraction of sp³-hybridized carbons (Fsp3) is 0.412. The largest absolute Gasteiger partial charge is 0.353 e. The van der Waals surface area contributed by atoms with Gasteiger partial charge in [-0.1, -0.05) is 41.4 Å². The predicted octanol–water partition coefficient (Wildman–Crippen LogP) is 3.25. The van der Waals surface area contributed by atoms with Crippen molar-refractivity contribution in [2.24, 2.45) is 4.99 Å². The lowest BCUT2D eigenvalue weighted by Crippen LogP contribution is -2.40. The molecular weight excluding hydrogens is 347 g/mol. The molecule has 0 aliphatic rings. The highest BCUT2D eigenvalue weighted by molar-refractivity contribution is 6.35. The molecule has 24 heavy (non-hydrogen) atoms. The number of nitrogens with zero attached hydrogens (tertiary/aromatic N) is 2. The van der Waals surface area contributed by atoms with Gasteiger partial charge in [0, 0.05) is 30.7 Å². The smallest absolute Gasteiger partial charge is 0.243 e. The van der Waals surface area contributed by atoms with Gasteiger partial charge in [0.2, 0.25) is 5.91 Å². The Hall–Kier alpha value is -1.72. The minimum absolute atomic E-state index is 0.0552. The predicted molar refractivity (Wildman–Crippen MR) is 102 cm³/mol. The number of aliphatic imine (C=N–C) groups is 1. The molecule has 1 amide bonds. The molecule has 0 fully saturated rings. The third-order valence-corrected chi connectivity index (χ3v) is 3.77. The summed E-state index contributed by atoms with van der Waals surface area (Å²) < 4.78 is 0. The lowest BCUT2D eigenvalue weighted by Gasteiger charge is -2.20. The van der Waals surface area contributed by atoms with Crippen molar-refractivity contribution in [2.75, 3.05) is 27.2 Å². The maximum atomic E-state index is 11.7. The van der Waals surface area contributed by atoms with Crippen LogP contribution in [0.3, 0.4) is 0 Å². The van der Waals surface area contributed by atoms with Crippen molar-refractivity contribution in [1.29, 1.82) is 0 Å². The van der Waals surface area contributed by atoms with Crippen LogP contribution >= 0.6 is 23.2 Å². The summed E-state index contributed by atoms with van der Waals surface area (Å²) in [6.45, 7) is 8.34. The van der Waals surface area contributed by atoms with Crippen LogP contribution in [-0.2, 0) is 4.79 Å². The molecule has 1 unspecified atom stereocenters. The minimum atomic E-state index is -0.111. The minimum Gasteiger partial charge on any atom is -0.353 e. The number of hydrogen-bond acceptors (Lipinski definition) is 2. The van der Waals surface area contributed by atoms with E-state index in [0.29, 0.717) is 22.5 Å². The maximum Gasteiger partial charge on any atom is 0.243 e. The van der Waals surface area contributed by atoms with Crippen LogP contribution < -0.4 is 10.6 Å². The van der Waals surface area contributed by atoms with Gasteiger partial charge < -0.3 is 15.5 Å². The van der Waals surface area contributed by atoms with E-state index in [0.717, 1.165) is 11.1 Å². The van der Waals surface area contributed by atoms with Crippen LogP contribution in [0.25, 0.3) is 0 Å². The Morgan fingerprint density at radius 1 is 1.38 bits per heavy atom. The van der Waals surface area contributed by atoms with Crippen molar-refractivity contribution >= 4 is 35.1 Å². The number of halogens is 2. The zero-order valence-corrected chi connectivity index (χ0v) is 16.0. The highest BCUT2D eigenvalue weighted by atomic mass is 35.5. The van der Waals surface area contributed by atoms with E-state index >= 15 is 0 Å². The number of guanidine groups is 1. The number of amides is 1. The molecule has 0 aliphatic carbocycles. The van der Waals surface area contributed by atoms with Gasteiger partial charge in [0.25, 0.3) is 0 Å². The van der Waals surface area contributed by atoms with Crippen LogP contribution in [0.4, 0.5) is 0 Å². The molecule has 0 aliphatic heterocycles. The number of hydrogen-bond donors (Lipinski definition) is 2. The molecule has 0 saturated heterocycles. The van der Waals surface area contributed by atoms with E-state index in [4.69, 9.17) is 23.2 Å². The molecule has 1 atom stereocenters. The van der Waals surface area contributed by atoms with Crippen molar-refractivity contribution < 1.29 is 4.79 Å². The quantitative estimate of drug-likeness (QED) is 0.459. The van der Waals surface area contributed by atoms with Crippen LogP contribution in [0.15, 0.2) is 35.3 Å². The molecule has 0 radical (unpaired) electrons. The summed E-state index contributed by atoms with van der Waals surface area (Å²) in [5.74, 6) is 0.440. The van der Waals surface area contributed by atoms with E-state index < -0.39 is 0 Å². The fourth-order valence-corrected chi connectivity index (χ4v) is 2.38. The molecule has 1 rings (SSSR count). The van der Waals surface area contributed by atoms with Crippen LogP contribution in [0, 0.1) is 0 Å². The van der Waals surface area contributed by atoms with Crippen molar-refractivity contribution in [3.8, 4) is 0 Å². The zero-order chi connectivity index (χ0) is 18.3. The van der Waals surface area contributed by atoms with E-state index in [2.05, 4.69) is 22.2 Å². The average Bonchev–Trinajstić information content (AvgIpc) is 2.49. The molecule has 0 aromatic heterocycles. The number of benzene rings is 1. The number of carbonyl (C=O) groups is 1. The topological polar surface area (TPSA) is 56.7 Å². The fourth-order valence-electron chi connectivity index (χ4n) is 1.81. The Bertz CT molecular complexity index is 629. The molecule has 5 nitrogen and oxygen atoms in total. The Balaban J connectivity index is 2.87. The standard InChI is InChI=1S/C17H24Cl2N4O/c1-11(2)9-20-17(21-10-16(24)23(4)5)22-12(3)14-7-6-13(18)8-15(14)19/h6-8,12H,1,9-10H2,2-5H3,(H2,20,21,22). The zero-order valence-electron chi connectivity index (χ0n) is 14.5. The highest BCUT2D eigenvalue weighted by Gasteiger charge is 2.12. The molecule has 0 spiro atoms. The summed E-state index contributed by atoms with van der Waals surface area (Å²) >= 11 is 12.2. The molecule has 132 valence electrons. The molecule has 1 aromatic rings. The van der Waals surface area contributed by atoms with Crippen LogP contribution in [-0.4, -0.2) is 44.0 Å². The summed E-state index contributed by atoms with van der Waals surface area (Å²) in [6, 6.07) is 5.24. The third-order valence-electron chi connectivity index (χ3n) is 3.21. The lowest BCUT2D eigenvalue weighted by molar-refractivity contribution is -0.127. The second kappa shape index (κ2) is 9.55. The van der Waals surface area contributed by atoms with Gasteiger partial charge in [0.15, 0.2) is 5.96 Å². The van der Waals surface area contributed by atoms with E-state index in [1.54, 1.807) is 26.2 Å². The summed E-state index contributed by atoms with van der Waals surface area (Å²) in [6.07, 6.45) is 0. The molecule has 2 N–H and O–H groups in total. The molecule has 7 heteroatoms. The van der Waals surface area contributed by atoms with Gasteiger partial charge in [-0.15, -0.1) is 0 Å². The van der Waals surface area contributed by atoms with Crippen molar-refractivity contribution in [1.82, 2.24) is 15.5 Å². The monoisotopic (exact) mass is 370 g/mol. The van der Waals surface area contributed by atoms with Gasteiger partial charge in [-0.25, -0.2) is 4.99 Å². The van der Waals surface area contributed by atoms with Crippen LogP contribution in [0.1, 0.15) is 25.5 Å². The maximum absolute atomic E-state index is 11.7. The number of carbonyl (C=O) groups excluding carboxylic acids is 1. The van der Waals surface area contributed by atoms with Gasteiger partial charge in [0.05, 0.1) is 6.04 Å². The summed E-state index contributed by atoms with van der Waals surface area (Å²) in [5.41, 5.74) is 1.85. The first-order chi connectivity index (χ1) is 11.2. The van der Waals surface area contributed by atoms with Gasteiger partial charge in [-0.05, 0) is 31.5 Å². The van der Waals surface area contributed by atoms with Gasteiger partial charge in [0.1, 0.15) is 6.54 Å². The van der Waals surface area contributed by atoms with Gasteiger partial charge in [-0.2, -0.15) is 0 Å². The average molecular weight is 371 g/mol. The van der Waals surface area contributed by atoms with E-state index in [1.165, 1.54) is 4.90 Å². The lowest BCUT2D eigenvalue weighted by atomic mass is 10.1. The third kappa shape index (κ3) is 6.81. The summed E-state index contributed by atoms with van der Waals surface area (Å²) in [7, 11) is 3.39. The Morgan fingerprint density at radius 2 is 2.04 bits per heavy atom. The first-order valence-corrected chi connectivity index (χ1v) is 8.30. The van der Waals surface area contributed by atoms with Crippen molar-refractivity contribution in [3.05, 3.63) is 46.0 Å². The van der Waals surface area contributed by atoms with E-state index in [9.17, 15) is 4.79 Å². The molecule has 0 heterocycles. The van der Waals surface area contributed by atoms with Gasteiger partial charge >= 0.3 is 0 Å². The number of likely N-dealkylation sites (N-methyl/N-ethyl adjacent to an activating group) is 1. The Morgan fingerprint density at radius 3 is 2.58 bits per heavy atom. The van der Waals surface area contributed by atoms with E-state index in [1.807, 2.05) is 19.9 Å². The van der Waals surface area contributed by atoms with Crippen molar-refractivity contribution in [2.45, 2.75) is 19.9 Å². The summed E-state index contributed by atoms with van der Waals surface area (Å²) in [5, 5.41) is 7.55.